The van der Waals surface area contributed by atoms with Crippen LogP contribution in [0.5, 0.6) is 0 Å². The Morgan fingerprint density at radius 3 is 2.44 bits per heavy atom. The van der Waals surface area contributed by atoms with Crippen LogP contribution in [0.4, 0.5) is 14.9 Å². The van der Waals surface area contributed by atoms with Crippen molar-refractivity contribution in [2.75, 3.05) is 70.5 Å². The molecule has 0 saturated carbocycles. The second-order valence-electron chi connectivity index (χ2n) is 6.88. The summed E-state index contributed by atoms with van der Waals surface area (Å²) in [5, 5.41) is 2.96. The molecule has 2 saturated heterocycles. The van der Waals surface area contributed by atoms with Gasteiger partial charge in [-0.25, -0.2) is 9.18 Å². The smallest absolute Gasteiger partial charge is 0.317 e. The minimum atomic E-state index is -0.397. The van der Waals surface area contributed by atoms with E-state index in [9.17, 15) is 14.0 Å². The minimum absolute atomic E-state index is 0.0738. The molecule has 1 aromatic rings. The SMILES string of the molecule is CC(=O)c1ccc(N2CCN(C(=O)NCCN3CCOCC3)CC2)c(F)c1. The van der Waals surface area contributed by atoms with Gasteiger partial charge < -0.3 is 19.9 Å². The zero-order valence-corrected chi connectivity index (χ0v) is 15.7. The van der Waals surface area contributed by atoms with Gasteiger partial charge >= 0.3 is 6.03 Å². The van der Waals surface area contributed by atoms with Crippen molar-refractivity contribution in [3.8, 4) is 0 Å². The number of Topliss-reactive ketones (excluding diaryl/α,β-unsaturated/α-hetero) is 1. The normalized spacial score (nSPS) is 18.4. The zero-order chi connectivity index (χ0) is 19.2. The first-order valence-corrected chi connectivity index (χ1v) is 9.43. The third-order valence-electron chi connectivity index (χ3n) is 5.07. The molecule has 2 amide bonds. The quantitative estimate of drug-likeness (QED) is 0.780. The molecule has 27 heavy (non-hydrogen) atoms. The molecule has 8 heteroatoms. The second-order valence-corrected chi connectivity index (χ2v) is 6.88. The molecule has 2 heterocycles. The summed E-state index contributed by atoms with van der Waals surface area (Å²) in [4.78, 5) is 29.6. The molecule has 2 aliphatic rings. The molecule has 2 aliphatic heterocycles. The number of benzene rings is 1. The number of nitrogens with zero attached hydrogens (tertiary/aromatic N) is 3. The molecule has 0 aliphatic carbocycles. The number of piperazine rings is 1. The summed E-state index contributed by atoms with van der Waals surface area (Å²) in [5.41, 5.74) is 0.849. The van der Waals surface area contributed by atoms with Crippen molar-refractivity contribution in [2.45, 2.75) is 6.92 Å². The van der Waals surface area contributed by atoms with E-state index in [4.69, 9.17) is 4.74 Å². The van der Waals surface area contributed by atoms with Crippen molar-refractivity contribution >= 4 is 17.5 Å². The van der Waals surface area contributed by atoms with Gasteiger partial charge in [0, 0.05) is 57.9 Å². The van der Waals surface area contributed by atoms with Gasteiger partial charge in [0.1, 0.15) is 5.82 Å². The second kappa shape index (κ2) is 9.14. The van der Waals surface area contributed by atoms with E-state index in [-0.39, 0.29) is 11.8 Å². The van der Waals surface area contributed by atoms with Crippen LogP contribution in [0.2, 0.25) is 0 Å². The van der Waals surface area contributed by atoms with Gasteiger partial charge in [0.05, 0.1) is 18.9 Å². The first-order chi connectivity index (χ1) is 13.0. The van der Waals surface area contributed by atoms with Crippen molar-refractivity contribution in [3.63, 3.8) is 0 Å². The number of amides is 2. The number of anilines is 1. The predicted molar refractivity (Wildman–Crippen MR) is 101 cm³/mol. The summed E-state index contributed by atoms with van der Waals surface area (Å²) in [6.07, 6.45) is 0. The molecule has 0 aromatic heterocycles. The van der Waals surface area contributed by atoms with Crippen molar-refractivity contribution in [2.24, 2.45) is 0 Å². The standard InChI is InChI=1S/C19H27FN4O3/c1-15(25)16-2-3-18(17(20)14-16)23-6-8-24(9-7-23)19(26)21-4-5-22-10-12-27-13-11-22/h2-3,14H,4-13H2,1H3,(H,21,26). The van der Waals surface area contributed by atoms with Crippen LogP contribution in [0.25, 0.3) is 0 Å². The Hall–Kier alpha value is -2.19. The fourth-order valence-electron chi connectivity index (χ4n) is 3.39. The summed E-state index contributed by atoms with van der Waals surface area (Å²) < 4.78 is 19.6. The lowest BCUT2D eigenvalue weighted by molar-refractivity contribution is 0.0386. The minimum Gasteiger partial charge on any atom is -0.379 e. The van der Waals surface area contributed by atoms with Crippen molar-refractivity contribution in [3.05, 3.63) is 29.6 Å². The lowest BCUT2D eigenvalue weighted by atomic mass is 10.1. The van der Waals surface area contributed by atoms with Crippen LogP contribution in [-0.4, -0.2) is 87.2 Å². The average Bonchev–Trinajstić information content (AvgIpc) is 2.69. The highest BCUT2D eigenvalue weighted by molar-refractivity contribution is 5.94. The van der Waals surface area contributed by atoms with Crippen molar-refractivity contribution < 1.29 is 18.7 Å². The highest BCUT2D eigenvalue weighted by Crippen LogP contribution is 2.22. The summed E-state index contributed by atoms with van der Waals surface area (Å²) in [6, 6.07) is 4.49. The van der Waals surface area contributed by atoms with Gasteiger partial charge in [-0.3, -0.25) is 9.69 Å². The van der Waals surface area contributed by atoms with E-state index in [1.165, 1.54) is 13.0 Å². The fraction of sp³-hybridized carbons (Fsp3) is 0.579. The molecule has 0 atom stereocenters. The highest BCUT2D eigenvalue weighted by Gasteiger charge is 2.23. The first kappa shape index (κ1) is 19.6. The number of rotatable bonds is 5. The number of ketones is 1. The monoisotopic (exact) mass is 378 g/mol. The van der Waals surface area contributed by atoms with Crippen LogP contribution < -0.4 is 10.2 Å². The number of ether oxygens (including phenoxy) is 1. The maximum atomic E-state index is 14.3. The van der Waals surface area contributed by atoms with E-state index in [1.807, 2.05) is 4.90 Å². The maximum Gasteiger partial charge on any atom is 0.317 e. The van der Waals surface area contributed by atoms with E-state index in [0.29, 0.717) is 44.0 Å². The molecule has 148 valence electrons. The number of hydrogen-bond acceptors (Lipinski definition) is 5. The van der Waals surface area contributed by atoms with Crippen molar-refractivity contribution in [1.29, 1.82) is 0 Å². The summed E-state index contributed by atoms with van der Waals surface area (Å²) in [6.45, 7) is 8.37. The molecule has 0 bridgehead atoms. The van der Waals surface area contributed by atoms with Gasteiger partial charge in [-0.2, -0.15) is 0 Å². The Labute approximate surface area is 159 Å². The molecule has 0 spiro atoms. The van der Waals surface area contributed by atoms with E-state index in [2.05, 4.69) is 10.2 Å². The van der Waals surface area contributed by atoms with Gasteiger partial charge in [0.2, 0.25) is 0 Å². The van der Waals surface area contributed by atoms with Gasteiger partial charge in [0.15, 0.2) is 5.78 Å². The zero-order valence-electron chi connectivity index (χ0n) is 15.7. The Balaban J connectivity index is 1.44. The summed E-state index contributed by atoms with van der Waals surface area (Å²) >= 11 is 0. The molecule has 2 fully saturated rings. The largest absolute Gasteiger partial charge is 0.379 e. The van der Waals surface area contributed by atoms with Crippen LogP contribution in [0.15, 0.2) is 18.2 Å². The highest BCUT2D eigenvalue weighted by atomic mass is 19.1. The molecule has 0 radical (unpaired) electrons. The number of nitrogens with one attached hydrogen (secondary N) is 1. The maximum absolute atomic E-state index is 14.3. The summed E-state index contributed by atoms with van der Waals surface area (Å²) in [5.74, 6) is -0.551. The summed E-state index contributed by atoms with van der Waals surface area (Å²) in [7, 11) is 0. The average molecular weight is 378 g/mol. The lowest BCUT2D eigenvalue weighted by Gasteiger charge is -2.36. The molecule has 1 aromatic carbocycles. The van der Waals surface area contributed by atoms with Crippen LogP contribution in [-0.2, 0) is 4.74 Å². The Kier molecular flexibility index (Phi) is 6.63. The van der Waals surface area contributed by atoms with Crippen LogP contribution >= 0.6 is 0 Å². The fourth-order valence-corrected chi connectivity index (χ4v) is 3.39. The molecule has 1 N–H and O–H groups in total. The van der Waals surface area contributed by atoms with Crippen LogP contribution in [0.1, 0.15) is 17.3 Å². The van der Waals surface area contributed by atoms with E-state index < -0.39 is 5.82 Å². The third kappa shape index (κ3) is 5.17. The number of carbonyl (C=O) groups excluding carboxylic acids is 2. The Morgan fingerprint density at radius 1 is 1.11 bits per heavy atom. The van der Waals surface area contributed by atoms with Crippen LogP contribution in [0, 0.1) is 5.82 Å². The first-order valence-electron chi connectivity index (χ1n) is 9.43. The van der Waals surface area contributed by atoms with E-state index in [0.717, 1.165) is 32.8 Å². The van der Waals surface area contributed by atoms with Gasteiger partial charge in [0.25, 0.3) is 0 Å². The van der Waals surface area contributed by atoms with Gasteiger partial charge in [-0.05, 0) is 25.1 Å². The number of hydrogen-bond donors (Lipinski definition) is 1. The topological polar surface area (TPSA) is 65.1 Å². The molecular weight excluding hydrogens is 351 g/mol. The van der Waals surface area contributed by atoms with Gasteiger partial charge in [-0.15, -0.1) is 0 Å². The molecular formula is C19H27FN4O3. The Bertz CT molecular complexity index is 671. The lowest BCUT2D eigenvalue weighted by Crippen LogP contribution is -2.53. The third-order valence-corrected chi connectivity index (χ3v) is 5.07. The van der Waals surface area contributed by atoms with Crippen molar-refractivity contribution in [1.82, 2.24) is 15.1 Å². The molecule has 3 rings (SSSR count). The Morgan fingerprint density at radius 2 is 1.81 bits per heavy atom. The van der Waals surface area contributed by atoms with E-state index >= 15 is 0 Å². The van der Waals surface area contributed by atoms with E-state index in [1.54, 1.807) is 17.0 Å². The molecule has 7 nitrogen and oxygen atoms in total. The number of morpholine rings is 1. The molecule has 0 unspecified atom stereocenters. The number of halogens is 1. The van der Waals surface area contributed by atoms with Crippen LogP contribution in [0.3, 0.4) is 0 Å². The van der Waals surface area contributed by atoms with Gasteiger partial charge in [-0.1, -0.05) is 0 Å². The number of carbonyl (C=O) groups is 2. The number of urea groups is 1. The predicted octanol–water partition coefficient (Wildman–Crippen LogP) is 1.19.